The van der Waals surface area contributed by atoms with Crippen LogP contribution in [0.15, 0.2) is 41.2 Å². The highest BCUT2D eigenvalue weighted by Gasteiger charge is 2.26. The van der Waals surface area contributed by atoms with E-state index in [4.69, 9.17) is 0 Å². The van der Waals surface area contributed by atoms with Gasteiger partial charge in [-0.25, -0.2) is 0 Å². The van der Waals surface area contributed by atoms with Crippen LogP contribution in [0, 0.1) is 0 Å². The Hall–Kier alpha value is -2.42. The van der Waals surface area contributed by atoms with Gasteiger partial charge >= 0.3 is 0 Å². The third-order valence-corrected chi connectivity index (χ3v) is 4.23. The molecule has 20 heavy (non-hydrogen) atoms. The molecule has 3 heteroatoms. The molecule has 0 amide bonds. The topological polar surface area (TPSA) is 39.1 Å². The summed E-state index contributed by atoms with van der Waals surface area (Å²) >= 11 is 0. The molecule has 0 aliphatic heterocycles. The van der Waals surface area contributed by atoms with Crippen LogP contribution in [0.3, 0.4) is 0 Å². The van der Waals surface area contributed by atoms with Crippen LogP contribution >= 0.6 is 0 Å². The fraction of sp³-hybridized carbons (Fsp3) is 0.176. The standard InChI is InChI=1S/C17H13NO2/c1-18-14-9-11-5-3-2-4-10(11)8-13(14)17(20)12-6-7-15(19)16(12)18/h2-5,8-9H,6-7H2,1H3. The van der Waals surface area contributed by atoms with Gasteiger partial charge in [-0.1, -0.05) is 24.3 Å². The zero-order valence-corrected chi connectivity index (χ0v) is 11.1. The van der Waals surface area contributed by atoms with E-state index in [1.54, 1.807) is 0 Å². The molecule has 0 unspecified atom stereocenters. The van der Waals surface area contributed by atoms with E-state index in [0.717, 1.165) is 16.3 Å². The Morgan fingerprint density at radius 3 is 2.45 bits per heavy atom. The fourth-order valence-electron chi connectivity index (χ4n) is 3.22. The van der Waals surface area contributed by atoms with Crippen LogP contribution in [-0.2, 0) is 13.5 Å². The number of carbonyl (C=O) groups excluding carboxylic acids is 1. The molecule has 98 valence electrons. The summed E-state index contributed by atoms with van der Waals surface area (Å²) in [6.07, 6.45) is 1.03. The van der Waals surface area contributed by atoms with Crippen molar-refractivity contribution in [3.05, 3.63) is 57.9 Å². The Morgan fingerprint density at radius 2 is 1.70 bits per heavy atom. The van der Waals surface area contributed by atoms with Crippen molar-refractivity contribution in [2.45, 2.75) is 12.8 Å². The predicted octanol–water partition coefficient (Wildman–Crippen LogP) is 2.82. The maximum atomic E-state index is 12.6. The van der Waals surface area contributed by atoms with Crippen molar-refractivity contribution >= 4 is 27.5 Å². The average molecular weight is 263 g/mol. The monoisotopic (exact) mass is 263 g/mol. The highest BCUT2D eigenvalue weighted by molar-refractivity contribution is 6.03. The van der Waals surface area contributed by atoms with Crippen molar-refractivity contribution < 1.29 is 4.79 Å². The van der Waals surface area contributed by atoms with E-state index in [0.29, 0.717) is 29.5 Å². The molecule has 0 bridgehead atoms. The van der Waals surface area contributed by atoms with Gasteiger partial charge in [0, 0.05) is 24.4 Å². The molecule has 1 aliphatic rings. The van der Waals surface area contributed by atoms with Crippen LogP contribution in [-0.4, -0.2) is 10.4 Å². The Bertz CT molecular complexity index is 951. The van der Waals surface area contributed by atoms with Crippen LogP contribution in [0.2, 0.25) is 0 Å². The first-order chi connectivity index (χ1) is 9.66. The molecule has 1 heterocycles. The number of aromatic nitrogens is 1. The number of fused-ring (bicyclic) bond motifs is 3. The summed E-state index contributed by atoms with van der Waals surface area (Å²) in [7, 11) is 1.87. The largest absolute Gasteiger partial charge is 0.341 e. The van der Waals surface area contributed by atoms with Crippen molar-refractivity contribution in [1.29, 1.82) is 0 Å². The van der Waals surface area contributed by atoms with Gasteiger partial charge in [-0.2, -0.15) is 0 Å². The number of benzene rings is 2. The molecule has 0 saturated heterocycles. The number of aryl methyl sites for hydroxylation is 1. The summed E-state index contributed by atoms with van der Waals surface area (Å²) in [6.45, 7) is 0. The summed E-state index contributed by atoms with van der Waals surface area (Å²) in [5, 5.41) is 2.85. The number of hydrogen-bond donors (Lipinski definition) is 0. The molecule has 0 N–H and O–H groups in total. The summed E-state index contributed by atoms with van der Waals surface area (Å²) in [5.41, 5.74) is 2.13. The van der Waals surface area contributed by atoms with Crippen LogP contribution in [0.4, 0.5) is 0 Å². The quantitative estimate of drug-likeness (QED) is 0.585. The highest BCUT2D eigenvalue weighted by Crippen LogP contribution is 2.26. The van der Waals surface area contributed by atoms with Gasteiger partial charge in [-0.05, 0) is 29.3 Å². The maximum absolute atomic E-state index is 12.6. The van der Waals surface area contributed by atoms with E-state index in [2.05, 4.69) is 0 Å². The lowest BCUT2D eigenvalue weighted by Gasteiger charge is -2.12. The third kappa shape index (κ3) is 1.35. The van der Waals surface area contributed by atoms with Gasteiger partial charge in [-0.15, -0.1) is 0 Å². The Kier molecular flexibility index (Phi) is 2.16. The molecule has 0 fully saturated rings. The van der Waals surface area contributed by atoms with Gasteiger partial charge in [0.15, 0.2) is 11.2 Å². The smallest absolute Gasteiger partial charge is 0.193 e. The molecule has 3 nitrogen and oxygen atoms in total. The second-order valence-corrected chi connectivity index (χ2v) is 5.35. The lowest BCUT2D eigenvalue weighted by atomic mass is 10.0. The number of carbonyl (C=O) groups is 1. The van der Waals surface area contributed by atoms with Gasteiger partial charge in [0.1, 0.15) is 0 Å². The molecule has 0 radical (unpaired) electrons. The molecule has 0 spiro atoms. The van der Waals surface area contributed by atoms with E-state index in [1.807, 2.05) is 48.0 Å². The zero-order chi connectivity index (χ0) is 13.9. The van der Waals surface area contributed by atoms with E-state index < -0.39 is 0 Å². The third-order valence-electron chi connectivity index (χ3n) is 4.23. The Labute approximate surface area is 115 Å². The highest BCUT2D eigenvalue weighted by atomic mass is 16.1. The van der Waals surface area contributed by atoms with Gasteiger partial charge in [0.2, 0.25) is 0 Å². The van der Waals surface area contributed by atoms with Gasteiger partial charge < -0.3 is 4.57 Å². The fourth-order valence-corrected chi connectivity index (χ4v) is 3.22. The minimum absolute atomic E-state index is 0.0182. The Morgan fingerprint density at radius 1 is 1.00 bits per heavy atom. The molecule has 1 aliphatic carbocycles. The molecule has 4 rings (SSSR count). The van der Waals surface area contributed by atoms with E-state index in [1.165, 1.54) is 0 Å². The van der Waals surface area contributed by atoms with Gasteiger partial charge in [0.05, 0.1) is 11.2 Å². The number of Topliss-reactive ketones (excluding diaryl/α,β-unsaturated/α-hetero) is 1. The molecular weight excluding hydrogens is 250 g/mol. The first-order valence-corrected chi connectivity index (χ1v) is 6.74. The van der Waals surface area contributed by atoms with Crippen molar-refractivity contribution in [3.8, 4) is 0 Å². The first-order valence-electron chi connectivity index (χ1n) is 6.74. The molecule has 0 saturated carbocycles. The van der Waals surface area contributed by atoms with Crippen LogP contribution < -0.4 is 5.43 Å². The zero-order valence-electron chi connectivity index (χ0n) is 11.1. The molecule has 0 atom stereocenters. The minimum atomic E-state index is 0.0182. The summed E-state index contributed by atoms with van der Waals surface area (Å²) in [5.74, 6) is 0.0784. The summed E-state index contributed by atoms with van der Waals surface area (Å²) < 4.78 is 1.88. The van der Waals surface area contributed by atoms with E-state index in [-0.39, 0.29) is 11.2 Å². The van der Waals surface area contributed by atoms with Crippen LogP contribution in [0.5, 0.6) is 0 Å². The van der Waals surface area contributed by atoms with Gasteiger partial charge in [0.25, 0.3) is 0 Å². The second-order valence-electron chi connectivity index (χ2n) is 5.35. The van der Waals surface area contributed by atoms with Gasteiger partial charge in [-0.3, -0.25) is 9.59 Å². The number of ketones is 1. The minimum Gasteiger partial charge on any atom is -0.341 e. The van der Waals surface area contributed by atoms with Crippen molar-refractivity contribution in [3.63, 3.8) is 0 Å². The Balaban J connectivity index is 2.27. The molecule has 3 aromatic rings. The molecule has 1 aromatic heterocycles. The summed E-state index contributed by atoms with van der Waals surface area (Å²) in [4.78, 5) is 24.6. The lowest BCUT2D eigenvalue weighted by Crippen LogP contribution is -2.16. The second kappa shape index (κ2) is 3.79. The number of rotatable bonds is 0. The van der Waals surface area contributed by atoms with E-state index in [9.17, 15) is 9.59 Å². The molecule has 2 aromatic carbocycles. The predicted molar refractivity (Wildman–Crippen MR) is 79.3 cm³/mol. The average Bonchev–Trinajstić information content (AvgIpc) is 2.85. The van der Waals surface area contributed by atoms with Crippen LogP contribution in [0.1, 0.15) is 22.5 Å². The van der Waals surface area contributed by atoms with Crippen molar-refractivity contribution in [1.82, 2.24) is 4.57 Å². The molecular formula is C17H13NO2. The first kappa shape index (κ1) is 11.4. The van der Waals surface area contributed by atoms with Crippen molar-refractivity contribution in [2.75, 3.05) is 0 Å². The van der Waals surface area contributed by atoms with Crippen LogP contribution in [0.25, 0.3) is 21.7 Å². The number of pyridine rings is 1. The normalized spacial score (nSPS) is 14.2. The number of hydrogen-bond acceptors (Lipinski definition) is 2. The van der Waals surface area contributed by atoms with E-state index >= 15 is 0 Å². The lowest BCUT2D eigenvalue weighted by molar-refractivity contribution is 0.0987. The SMILES string of the molecule is Cn1c2c(c(=O)c3cc4ccccc4cc31)CCC2=O. The van der Waals surface area contributed by atoms with Crippen molar-refractivity contribution in [2.24, 2.45) is 7.05 Å². The maximum Gasteiger partial charge on any atom is 0.193 e. The summed E-state index contributed by atoms with van der Waals surface area (Å²) in [6, 6.07) is 11.9. The number of nitrogens with zero attached hydrogens (tertiary/aromatic N) is 1.